The Labute approximate surface area is 160 Å². The van der Waals surface area contributed by atoms with Gasteiger partial charge in [-0.05, 0) is 48.2 Å². The monoisotopic (exact) mass is 370 g/mol. The van der Waals surface area contributed by atoms with Gasteiger partial charge in [0.25, 0.3) is 0 Å². The number of hydrogen-bond donors (Lipinski definition) is 1. The summed E-state index contributed by atoms with van der Waals surface area (Å²) in [5.74, 6) is 0.541. The average Bonchev–Trinajstić information content (AvgIpc) is 2.93. The predicted molar refractivity (Wildman–Crippen MR) is 104 cm³/mol. The predicted octanol–water partition coefficient (Wildman–Crippen LogP) is 3.85. The van der Waals surface area contributed by atoms with Crippen LogP contribution in [0.5, 0.6) is 5.75 Å². The summed E-state index contributed by atoms with van der Waals surface area (Å²) in [7, 11) is 0. The highest BCUT2D eigenvalue weighted by Crippen LogP contribution is 2.31. The van der Waals surface area contributed by atoms with Gasteiger partial charge in [0.2, 0.25) is 5.91 Å². The fraction of sp³-hybridized carbons (Fsp3) is 0.409. The van der Waals surface area contributed by atoms with E-state index in [1.807, 2.05) is 35.2 Å². The quantitative estimate of drug-likeness (QED) is 0.840. The second kappa shape index (κ2) is 9.51. The minimum Gasteiger partial charge on any atom is -0.492 e. The average molecular weight is 370 g/mol. The minimum atomic E-state index is -0.256. The number of ether oxygens (including phenoxy) is 1. The summed E-state index contributed by atoms with van der Waals surface area (Å²) in [6, 6.07) is 14.2. The molecule has 1 saturated heterocycles. The third-order valence-corrected chi connectivity index (χ3v) is 4.95. The number of carbonyl (C=O) groups excluding carboxylic acids is 1. The summed E-state index contributed by atoms with van der Waals surface area (Å²) in [4.78, 5) is 15.0. The van der Waals surface area contributed by atoms with Gasteiger partial charge in [-0.25, -0.2) is 4.39 Å². The molecule has 2 aromatic carbocycles. The molecular weight excluding hydrogens is 343 g/mol. The lowest BCUT2D eigenvalue weighted by Crippen LogP contribution is -2.36. The molecule has 0 spiro atoms. The van der Waals surface area contributed by atoms with Gasteiger partial charge in [-0.2, -0.15) is 0 Å². The van der Waals surface area contributed by atoms with Crippen LogP contribution in [-0.2, 0) is 11.2 Å². The van der Waals surface area contributed by atoms with Crippen LogP contribution < -0.4 is 10.5 Å². The first kappa shape index (κ1) is 19.4. The molecule has 5 heteroatoms. The first-order valence-electron chi connectivity index (χ1n) is 9.64. The number of amides is 1. The lowest BCUT2D eigenvalue weighted by Gasteiger charge is -2.31. The Kier molecular flexibility index (Phi) is 6.82. The van der Waals surface area contributed by atoms with E-state index in [4.69, 9.17) is 10.5 Å². The Balaban J connectivity index is 1.76. The lowest BCUT2D eigenvalue weighted by atomic mass is 10.00. The number of nitrogens with zero attached hydrogens (tertiary/aromatic N) is 1. The SMILES string of the molecule is NCCOc1cccc(CC(=O)N2CCCCC[C@@H]2c2cccc(F)c2)c1. The van der Waals surface area contributed by atoms with E-state index >= 15 is 0 Å². The van der Waals surface area contributed by atoms with Crippen LogP contribution in [0.1, 0.15) is 42.9 Å². The van der Waals surface area contributed by atoms with Gasteiger partial charge in [0.1, 0.15) is 18.2 Å². The first-order chi connectivity index (χ1) is 13.2. The third kappa shape index (κ3) is 5.30. The molecule has 4 nitrogen and oxygen atoms in total. The molecule has 1 amide bonds. The Bertz CT molecular complexity index is 765. The summed E-state index contributed by atoms with van der Waals surface area (Å²) < 4.78 is 19.3. The molecular formula is C22H27FN2O2. The third-order valence-electron chi connectivity index (χ3n) is 4.95. The van der Waals surface area contributed by atoms with Gasteiger partial charge in [-0.1, -0.05) is 37.1 Å². The molecule has 0 aliphatic carbocycles. The van der Waals surface area contributed by atoms with Crippen LogP contribution in [0.4, 0.5) is 4.39 Å². The molecule has 0 radical (unpaired) electrons. The minimum absolute atomic E-state index is 0.0626. The van der Waals surface area contributed by atoms with E-state index in [0.29, 0.717) is 26.1 Å². The van der Waals surface area contributed by atoms with E-state index in [0.717, 1.165) is 42.6 Å². The molecule has 1 aliphatic rings. The maximum atomic E-state index is 13.7. The number of halogens is 1. The van der Waals surface area contributed by atoms with Gasteiger partial charge < -0.3 is 15.4 Å². The highest BCUT2D eigenvalue weighted by Gasteiger charge is 2.27. The topological polar surface area (TPSA) is 55.6 Å². The largest absolute Gasteiger partial charge is 0.492 e. The molecule has 27 heavy (non-hydrogen) atoms. The van der Waals surface area contributed by atoms with Crippen molar-refractivity contribution < 1.29 is 13.9 Å². The number of carbonyl (C=O) groups is 1. The molecule has 1 fully saturated rings. The van der Waals surface area contributed by atoms with Gasteiger partial charge >= 0.3 is 0 Å². The normalized spacial score (nSPS) is 17.4. The molecule has 0 unspecified atom stereocenters. The summed E-state index contributed by atoms with van der Waals surface area (Å²) >= 11 is 0. The van der Waals surface area contributed by atoms with Crippen LogP contribution >= 0.6 is 0 Å². The van der Waals surface area contributed by atoms with Crippen molar-refractivity contribution >= 4 is 5.91 Å². The molecule has 2 N–H and O–H groups in total. The van der Waals surface area contributed by atoms with E-state index in [-0.39, 0.29) is 17.8 Å². The molecule has 0 saturated carbocycles. The zero-order valence-electron chi connectivity index (χ0n) is 15.6. The maximum absolute atomic E-state index is 13.7. The summed E-state index contributed by atoms with van der Waals surface area (Å²) in [6.07, 6.45) is 4.31. The number of hydrogen-bond acceptors (Lipinski definition) is 3. The standard InChI is InChI=1S/C22H27FN2O2/c23-19-8-5-7-18(16-19)21-10-2-1-3-12-25(21)22(26)15-17-6-4-9-20(14-17)27-13-11-24/h4-9,14,16,21H,1-3,10-13,15,24H2/t21-/m1/s1. The van der Waals surface area contributed by atoms with E-state index in [2.05, 4.69) is 0 Å². The van der Waals surface area contributed by atoms with E-state index in [1.54, 1.807) is 12.1 Å². The number of rotatable bonds is 6. The Hall–Kier alpha value is -2.40. The summed E-state index contributed by atoms with van der Waals surface area (Å²) in [5, 5.41) is 0. The van der Waals surface area contributed by atoms with Gasteiger partial charge in [0, 0.05) is 13.1 Å². The molecule has 0 aromatic heterocycles. The molecule has 2 aromatic rings. The van der Waals surface area contributed by atoms with Crippen molar-refractivity contribution in [3.63, 3.8) is 0 Å². The first-order valence-corrected chi connectivity index (χ1v) is 9.64. The van der Waals surface area contributed by atoms with Gasteiger partial charge in [-0.3, -0.25) is 4.79 Å². The van der Waals surface area contributed by atoms with Crippen molar-refractivity contribution in [2.24, 2.45) is 5.73 Å². The Morgan fingerprint density at radius 3 is 2.81 bits per heavy atom. The molecule has 1 heterocycles. The van der Waals surface area contributed by atoms with Crippen molar-refractivity contribution in [2.45, 2.75) is 38.1 Å². The molecule has 144 valence electrons. The summed E-state index contributed by atoms with van der Waals surface area (Å²) in [5.41, 5.74) is 7.27. The van der Waals surface area contributed by atoms with Gasteiger partial charge in [0.15, 0.2) is 0 Å². The maximum Gasteiger partial charge on any atom is 0.227 e. The van der Waals surface area contributed by atoms with E-state index in [1.165, 1.54) is 6.07 Å². The Morgan fingerprint density at radius 1 is 1.15 bits per heavy atom. The van der Waals surface area contributed by atoms with Crippen molar-refractivity contribution in [2.75, 3.05) is 19.7 Å². The van der Waals surface area contributed by atoms with Crippen LogP contribution in [0.25, 0.3) is 0 Å². The van der Waals surface area contributed by atoms with Crippen molar-refractivity contribution in [3.05, 3.63) is 65.5 Å². The fourth-order valence-electron chi connectivity index (χ4n) is 3.67. The van der Waals surface area contributed by atoms with Crippen LogP contribution in [-0.4, -0.2) is 30.5 Å². The van der Waals surface area contributed by atoms with Crippen LogP contribution in [0.3, 0.4) is 0 Å². The number of nitrogens with two attached hydrogens (primary N) is 1. The van der Waals surface area contributed by atoms with E-state index in [9.17, 15) is 9.18 Å². The highest BCUT2D eigenvalue weighted by atomic mass is 19.1. The molecule has 1 aliphatic heterocycles. The molecule has 1 atom stereocenters. The van der Waals surface area contributed by atoms with Crippen LogP contribution in [0, 0.1) is 5.82 Å². The smallest absolute Gasteiger partial charge is 0.227 e. The highest BCUT2D eigenvalue weighted by molar-refractivity contribution is 5.79. The van der Waals surface area contributed by atoms with Crippen molar-refractivity contribution in [1.82, 2.24) is 4.90 Å². The second-order valence-corrected chi connectivity index (χ2v) is 6.97. The van der Waals surface area contributed by atoms with Gasteiger partial charge in [-0.15, -0.1) is 0 Å². The number of benzene rings is 2. The zero-order valence-corrected chi connectivity index (χ0v) is 15.6. The van der Waals surface area contributed by atoms with Crippen molar-refractivity contribution in [1.29, 1.82) is 0 Å². The van der Waals surface area contributed by atoms with Gasteiger partial charge in [0.05, 0.1) is 12.5 Å². The zero-order chi connectivity index (χ0) is 19.1. The molecule has 0 bridgehead atoms. The van der Waals surface area contributed by atoms with E-state index < -0.39 is 0 Å². The molecule has 3 rings (SSSR count). The fourth-order valence-corrected chi connectivity index (χ4v) is 3.67. The Morgan fingerprint density at radius 2 is 2.00 bits per heavy atom. The summed E-state index contributed by atoms with van der Waals surface area (Å²) in [6.45, 7) is 1.61. The second-order valence-electron chi connectivity index (χ2n) is 6.97. The lowest BCUT2D eigenvalue weighted by molar-refractivity contribution is -0.132. The van der Waals surface area contributed by atoms with Crippen molar-refractivity contribution in [3.8, 4) is 5.75 Å². The van der Waals surface area contributed by atoms with Crippen LogP contribution in [0.15, 0.2) is 48.5 Å². The number of likely N-dealkylation sites (tertiary alicyclic amines) is 1. The van der Waals surface area contributed by atoms with Crippen LogP contribution in [0.2, 0.25) is 0 Å².